The molecule has 1 aromatic heterocycles. The van der Waals surface area contributed by atoms with Crippen molar-refractivity contribution in [1.82, 2.24) is 4.90 Å². The van der Waals surface area contributed by atoms with Crippen LogP contribution in [-0.4, -0.2) is 35.9 Å². The molecule has 2 N–H and O–H groups in total. The number of likely N-dealkylation sites (tertiary alicyclic amines) is 1. The van der Waals surface area contributed by atoms with Crippen molar-refractivity contribution in [3.63, 3.8) is 0 Å². The van der Waals surface area contributed by atoms with Gasteiger partial charge in [-0.3, -0.25) is 9.59 Å². The van der Waals surface area contributed by atoms with Crippen LogP contribution in [0.25, 0.3) is 22.1 Å². The molecule has 0 spiro atoms. The zero-order chi connectivity index (χ0) is 20.4. The maximum Gasteiger partial charge on any atom is 0.336 e. The molecule has 7 nitrogen and oxygen atoms in total. The first kappa shape index (κ1) is 18.7. The lowest BCUT2D eigenvalue weighted by molar-refractivity contribution is -0.138. The summed E-state index contributed by atoms with van der Waals surface area (Å²) in [5.41, 5.74) is 6.93. The van der Waals surface area contributed by atoms with Crippen LogP contribution in [0.4, 0.5) is 0 Å². The summed E-state index contributed by atoms with van der Waals surface area (Å²) in [7, 11) is 0. The maximum atomic E-state index is 12.4. The first-order valence-electron chi connectivity index (χ1n) is 9.38. The fourth-order valence-electron chi connectivity index (χ4n) is 3.68. The van der Waals surface area contributed by atoms with Crippen LogP contribution in [-0.2, 0) is 9.59 Å². The zero-order valence-electron chi connectivity index (χ0n) is 15.7. The molecule has 1 atom stereocenters. The van der Waals surface area contributed by atoms with E-state index in [1.165, 1.54) is 11.0 Å². The van der Waals surface area contributed by atoms with E-state index >= 15 is 0 Å². The first-order chi connectivity index (χ1) is 14.0. The number of nitrogens with zero attached hydrogens (tertiary/aromatic N) is 1. The van der Waals surface area contributed by atoms with Crippen molar-refractivity contribution in [2.45, 2.75) is 18.9 Å². The van der Waals surface area contributed by atoms with Gasteiger partial charge >= 0.3 is 5.63 Å². The normalized spacial score (nSPS) is 16.1. The van der Waals surface area contributed by atoms with Crippen molar-refractivity contribution < 1.29 is 18.7 Å². The molecule has 148 valence electrons. The van der Waals surface area contributed by atoms with Crippen molar-refractivity contribution in [2.75, 3.05) is 13.2 Å². The molecule has 1 unspecified atom stereocenters. The minimum absolute atomic E-state index is 0.224. The number of hydrogen-bond donors (Lipinski definition) is 1. The number of benzene rings is 2. The minimum Gasteiger partial charge on any atom is -0.484 e. The largest absolute Gasteiger partial charge is 0.484 e. The van der Waals surface area contributed by atoms with E-state index in [1.54, 1.807) is 18.2 Å². The lowest BCUT2D eigenvalue weighted by Crippen LogP contribution is -2.45. The van der Waals surface area contributed by atoms with Gasteiger partial charge in [-0.2, -0.15) is 0 Å². The van der Waals surface area contributed by atoms with Crippen molar-refractivity contribution in [3.8, 4) is 16.9 Å². The number of carbonyl (C=O) groups is 2. The van der Waals surface area contributed by atoms with Crippen molar-refractivity contribution in [1.29, 1.82) is 0 Å². The van der Waals surface area contributed by atoms with Crippen LogP contribution in [0.2, 0.25) is 0 Å². The molecule has 2 amide bonds. The van der Waals surface area contributed by atoms with Crippen LogP contribution in [0.3, 0.4) is 0 Å². The molecule has 2 aromatic carbocycles. The molecular weight excluding hydrogens is 372 g/mol. The van der Waals surface area contributed by atoms with Crippen LogP contribution < -0.4 is 16.1 Å². The Kier molecular flexibility index (Phi) is 5.03. The average Bonchev–Trinajstić information content (AvgIpc) is 3.22. The molecule has 1 aliphatic rings. The molecule has 4 rings (SSSR count). The van der Waals surface area contributed by atoms with Gasteiger partial charge in [-0.25, -0.2) is 4.79 Å². The lowest BCUT2D eigenvalue weighted by atomic mass is 10.0. The predicted octanol–water partition coefficient (Wildman–Crippen LogP) is 2.32. The summed E-state index contributed by atoms with van der Waals surface area (Å²) in [4.78, 5) is 37.3. The topological polar surface area (TPSA) is 103 Å². The van der Waals surface area contributed by atoms with Crippen LogP contribution in [0.1, 0.15) is 12.8 Å². The highest BCUT2D eigenvalue weighted by atomic mass is 16.5. The minimum atomic E-state index is -0.575. The van der Waals surface area contributed by atoms with E-state index in [4.69, 9.17) is 14.9 Å². The average molecular weight is 392 g/mol. The van der Waals surface area contributed by atoms with Gasteiger partial charge in [-0.15, -0.1) is 0 Å². The second kappa shape index (κ2) is 7.79. The highest BCUT2D eigenvalue weighted by Gasteiger charge is 2.32. The highest BCUT2D eigenvalue weighted by molar-refractivity contribution is 5.94. The Morgan fingerprint density at radius 1 is 1.14 bits per heavy atom. The van der Waals surface area contributed by atoms with Gasteiger partial charge in [-0.05, 0) is 36.1 Å². The predicted molar refractivity (Wildman–Crippen MR) is 107 cm³/mol. The molecular formula is C22H20N2O5. The van der Waals surface area contributed by atoms with Crippen LogP contribution in [0.5, 0.6) is 5.75 Å². The summed E-state index contributed by atoms with van der Waals surface area (Å²) in [5, 5.41) is 0.766. The molecule has 1 aliphatic heterocycles. The molecule has 7 heteroatoms. The smallest absolute Gasteiger partial charge is 0.336 e. The van der Waals surface area contributed by atoms with E-state index in [0.717, 1.165) is 22.9 Å². The van der Waals surface area contributed by atoms with Gasteiger partial charge in [0.25, 0.3) is 5.91 Å². The summed E-state index contributed by atoms with van der Waals surface area (Å²) in [5.74, 6) is -0.406. The van der Waals surface area contributed by atoms with Gasteiger partial charge in [0.2, 0.25) is 5.91 Å². The third kappa shape index (κ3) is 3.85. The zero-order valence-corrected chi connectivity index (χ0v) is 15.7. The Bertz CT molecular complexity index is 1120. The van der Waals surface area contributed by atoms with E-state index in [9.17, 15) is 14.4 Å². The monoisotopic (exact) mass is 392 g/mol. The third-order valence-electron chi connectivity index (χ3n) is 5.06. The van der Waals surface area contributed by atoms with Crippen LogP contribution >= 0.6 is 0 Å². The van der Waals surface area contributed by atoms with E-state index in [1.807, 2.05) is 30.3 Å². The van der Waals surface area contributed by atoms with Gasteiger partial charge < -0.3 is 19.8 Å². The molecule has 2 heterocycles. The van der Waals surface area contributed by atoms with Crippen molar-refractivity contribution >= 4 is 22.8 Å². The van der Waals surface area contributed by atoms with Crippen LogP contribution in [0.15, 0.2) is 63.8 Å². The Morgan fingerprint density at radius 2 is 1.93 bits per heavy atom. The standard InChI is InChI=1S/C22H20N2O5/c23-22(27)18-7-4-10-24(18)20(25)13-28-15-8-9-16-17(14-5-2-1-3-6-14)12-21(26)29-19(16)11-15/h1-3,5-6,8-9,11-12,18H,4,7,10,13H2,(H2,23,27). The third-order valence-corrected chi connectivity index (χ3v) is 5.06. The number of fused-ring (bicyclic) bond motifs is 1. The van der Waals surface area contributed by atoms with Gasteiger partial charge in [0, 0.05) is 24.1 Å². The first-order valence-corrected chi connectivity index (χ1v) is 9.38. The van der Waals surface area contributed by atoms with Gasteiger partial charge in [0.1, 0.15) is 17.4 Å². The Morgan fingerprint density at radius 3 is 2.69 bits per heavy atom. The molecule has 1 fully saturated rings. The summed E-state index contributed by atoms with van der Waals surface area (Å²) >= 11 is 0. The number of primary amides is 1. The Balaban J connectivity index is 1.56. The van der Waals surface area contributed by atoms with E-state index < -0.39 is 17.6 Å². The van der Waals surface area contributed by atoms with Gasteiger partial charge in [0.15, 0.2) is 6.61 Å². The summed E-state index contributed by atoms with van der Waals surface area (Å²) in [6, 6.07) is 15.5. The van der Waals surface area contributed by atoms with Crippen molar-refractivity contribution in [3.05, 3.63) is 65.0 Å². The van der Waals surface area contributed by atoms with Gasteiger partial charge in [0.05, 0.1) is 0 Å². The number of hydrogen-bond acceptors (Lipinski definition) is 5. The lowest BCUT2D eigenvalue weighted by Gasteiger charge is -2.22. The van der Waals surface area contributed by atoms with E-state index in [-0.39, 0.29) is 12.5 Å². The molecule has 1 saturated heterocycles. The summed E-state index contributed by atoms with van der Waals surface area (Å²) in [6.45, 7) is 0.265. The highest BCUT2D eigenvalue weighted by Crippen LogP contribution is 2.29. The quantitative estimate of drug-likeness (QED) is 0.671. The molecule has 0 saturated carbocycles. The molecule has 0 radical (unpaired) electrons. The number of carbonyl (C=O) groups excluding carboxylic acids is 2. The Hall–Kier alpha value is -3.61. The maximum absolute atomic E-state index is 12.4. The summed E-state index contributed by atoms with van der Waals surface area (Å²) < 4.78 is 10.9. The molecule has 0 aliphatic carbocycles. The number of amides is 2. The second-order valence-corrected chi connectivity index (χ2v) is 6.94. The molecule has 0 bridgehead atoms. The van der Waals surface area contributed by atoms with E-state index in [2.05, 4.69) is 0 Å². The van der Waals surface area contributed by atoms with E-state index in [0.29, 0.717) is 24.3 Å². The molecule has 29 heavy (non-hydrogen) atoms. The van der Waals surface area contributed by atoms with Gasteiger partial charge in [-0.1, -0.05) is 30.3 Å². The van der Waals surface area contributed by atoms with Crippen molar-refractivity contribution in [2.24, 2.45) is 5.73 Å². The SMILES string of the molecule is NC(=O)C1CCCN1C(=O)COc1ccc2c(-c3ccccc3)cc(=O)oc2c1. The number of ether oxygens (including phenoxy) is 1. The van der Waals surface area contributed by atoms with Crippen LogP contribution in [0, 0.1) is 0 Å². The number of rotatable bonds is 5. The number of nitrogens with two attached hydrogens (primary N) is 1. The Labute approximate surface area is 166 Å². The fraction of sp³-hybridized carbons (Fsp3) is 0.227. The fourth-order valence-corrected chi connectivity index (χ4v) is 3.68. The molecule has 3 aromatic rings. The second-order valence-electron chi connectivity index (χ2n) is 6.94. The summed E-state index contributed by atoms with van der Waals surface area (Å²) in [6.07, 6.45) is 1.31.